The van der Waals surface area contributed by atoms with E-state index in [0.29, 0.717) is 18.4 Å². The Morgan fingerprint density at radius 1 is 0.896 bits per heavy atom. The van der Waals surface area contributed by atoms with Gasteiger partial charge in [-0.2, -0.15) is 0 Å². The van der Waals surface area contributed by atoms with Crippen LogP contribution in [-0.4, -0.2) is 31.4 Å². The molecule has 8 atom stereocenters. The number of esters is 1. The monoisotopic (exact) mass is 659 g/mol. The number of carbonyl (C=O) groups is 2. The first-order valence-electron chi connectivity index (χ1n) is 18.4. The third-order valence-electron chi connectivity index (χ3n) is 14.9. The molecule has 48 heavy (non-hydrogen) atoms. The Labute approximate surface area is 287 Å². The Hall–Kier alpha value is -2.99. The lowest BCUT2D eigenvalue weighted by Gasteiger charge is -2.71. The second-order valence-corrected chi connectivity index (χ2v) is 18.0. The number of carbonyl (C=O) groups excluding carboxylic acids is 2. The average Bonchev–Trinajstić information content (AvgIpc) is 3.04. The van der Waals surface area contributed by atoms with Gasteiger partial charge in [-0.05, 0) is 115 Å². The van der Waals surface area contributed by atoms with Crippen molar-refractivity contribution in [1.29, 1.82) is 0 Å². The Morgan fingerprint density at radius 2 is 1.62 bits per heavy atom. The van der Waals surface area contributed by atoms with E-state index >= 15 is 0 Å². The van der Waals surface area contributed by atoms with Gasteiger partial charge in [-0.1, -0.05) is 95.6 Å². The van der Waals surface area contributed by atoms with E-state index in [9.17, 15) is 9.59 Å². The molecule has 0 N–H and O–H groups in total. The van der Waals surface area contributed by atoms with Crippen LogP contribution < -0.4 is 0 Å². The SMILES string of the molecule is CC1(C)CC[C@]2(C(=O)OCc3ccccc3)CC[C@]3(C)C(=CC[C@@H]4[C@@]5(C)CC[C@H](OC(=O)OCCN=[N+]=[N-])C(C)(C)[C@@H]5CC[C@]43C)[C@@H]2C1. The summed E-state index contributed by atoms with van der Waals surface area (Å²) in [4.78, 5) is 29.6. The van der Waals surface area contributed by atoms with Crippen LogP contribution in [0, 0.1) is 50.2 Å². The van der Waals surface area contributed by atoms with Crippen LogP contribution in [0.3, 0.4) is 0 Å². The molecule has 0 aliphatic heterocycles. The molecule has 5 aliphatic carbocycles. The van der Waals surface area contributed by atoms with Gasteiger partial charge in [0.15, 0.2) is 0 Å². The van der Waals surface area contributed by atoms with Gasteiger partial charge in [-0.25, -0.2) is 4.79 Å². The molecule has 6 rings (SSSR count). The molecule has 0 spiro atoms. The fraction of sp³-hybridized carbons (Fsp3) is 0.750. The van der Waals surface area contributed by atoms with Gasteiger partial charge in [0.1, 0.15) is 19.3 Å². The van der Waals surface area contributed by atoms with Crippen molar-refractivity contribution in [3.8, 4) is 0 Å². The molecule has 5 aliphatic rings. The maximum absolute atomic E-state index is 14.3. The van der Waals surface area contributed by atoms with Crippen LogP contribution in [-0.2, 0) is 25.6 Å². The molecule has 0 bridgehead atoms. The summed E-state index contributed by atoms with van der Waals surface area (Å²) in [7, 11) is 0. The lowest BCUT2D eigenvalue weighted by Crippen LogP contribution is -2.65. The van der Waals surface area contributed by atoms with Crippen molar-refractivity contribution in [3.63, 3.8) is 0 Å². The van der Waals surface area contributed by atoms with Gasteiger partial charge in [-0.15, -0.1) is 0 Å². The Kier molecular flexibility index (Phi) is 9.01. The van der Waals surface area contributed by atoms with E-state index in [4.69, 9.17) is 19.7 Å². The third kappa shape index (κ3) is 5.54. The van der Waals surface area contributed by atoms with Crippen molar-refractivity contribution in [2.45, 2.75) is 125 Å². The van der Waals surface area contributed by atoms with Gasteiger partial charge in [-0.3, -0.25) is 4.79 Å². The number of nitrogens with zero attached hydrogens (tertiary/aromatic N) is 3. The summed E-state index contributed by atoms with van der Waals surface area (Å²) in [5.41, 5.74) is 10.8. The van der Waals surface area contributed by atoms with Crippen molar-refractivity contribution in [2.75, 3.05) is 13.2 Å². The summed E-state index contributed by atoms with van der Waals surface area (Å²) in [6.45, 7) is 17.4. The molecule has 1 aromatic rings. The van der Waals surface area contributed by atoms with E-state index in [1.807, 2.05) is 30.3 Å². The fourth-order valence-corrected chi connectivity index (χ4v) is 12.0. The molecule has 0 amide bonds. The first kappa shape index (κ1) is 34.9. The number of allylic oxidation sites excluding steroid dienone is 2. The number of rotatable bonds is 7. The number of benzene rings is 1. The lowest BCUT2D eigenvalue weighted by atomic mass is 9.33. The van der Waals surface area contributed by atoms with Gasteiger partial charge in [0.05, 0.1) is 12.0 Å². The van der Waals surface area contributed by atoms with E-state index in [-0.39, 0.29) is 58.2 Å². The number of fused-ring (bicyclic) bond motifs is 7. The minimum absolute atomic E-state index is 0.00846. The Morgan fingerprint density at radius 3 is 2.35 bits per heavy atom. The van der Waals surface area contributed by atoms with Gasteiger partial charge < -0.3 is 14.2 Å². The summed E-state index contributed by atoms with van der Waals surface area (Å²) in [6.07, 6.45) is 11.6. The number of ether oxygens (including phenoxy) is 3. The number of hydrogen-bond donors (Lipinski definition) is 0. The molecule has 0 unspecified atom stereocenters. The van der Waals surface area contributed by atoms with Crippen LogP contribution >= 0.6 is 0 Å². The maximum Gasteiger partial charge on any atom is 0.508 e. The molecule has 8 heteroatoms. The predicted octanol–water partition coefficient (Wildman–Crippen LogP) is 10.4. The van der Waals surface area contributed by atoms with E-state index in [1.54, 1.807) is 5.57 Å². The molecule has 262 valence electrons. The molecule has 0 aromatic heterocycles. The molecule has 0 saturated heterocycles. The summed E-state index contributed by atoms with van der Waals surface area (Å²) in [5.74, 6) is 1.12. The lowest BCUT2D eigenvalue weighted by molar-refractivity contribution is -0.208. The van der Waals surface area contributed by atoms with Crippen LogP contribution in [0.2, 0.25) is 0 Å². The Balaban J connectivity index is 1.26. The van der Waals surface area contributed by atoms with Crippen molar-refractivity contribution in [2.24, 2.45) is 55.4 Å². The summed E-state index contributed by atoms with van der Waals surface area (Å²) >= 11 is 0. The van der Waals surface area contributed by atoms with Gasteiger partial charge >= 0.3 is 12.1 Å². The van der Waals surface area contributed by atoms with Crippen LogP contribution in [0.1, 0.15) is 118 Å². The van der Waals surface area contributed by atoms with Crippen molar-refractivity contribution < 1.29 is 23.8 Å². The largest absolute Gasteiger partial charge is 0.508 e. The van der Waals surface area contributed by atoms with Crippen LogP contribution in [0.4, 0.5) is 4.79 Å². The number of hydrogen-bond acceptors (Lipinski definition) is 6. The zero-order valence-corrected chi connectivity index (χ0v) is 30.3. The molecular formula is C40H57N3O5. The van der Waals surface area contributed by atoms with E-state index < -0.39 is 11.6 Å². The zero-order chi connectivity index (χ0) is 34.6. The standard InChI is InChI=1S/C40H57N3O5/c1-35(2)19-21-40(33(44)47-26-27-11-9-8-10-12-27)22-20-38(6)28(29(40)25-35)13-14-31-37(5)17-16-32(48-34(45)46-24-23-42-43-41)36(3,4)30(37)15-18-39(31,38)7/h8-13,29-32H,14-26H2,1-7H3/t29-,30-,31+,32-,37-,38+,39+,40-/m0/s1. The summed E-state index contributed by atoms with van der Waals surface area (Å²) < 4.78 is 17.4. The molecule has 0 heterocycles. The van der Waals surface area contributed by atoms with E-state index in [0.717, 1.165) is 69.8 Å². The average molecular weight is 660 g/mol. The topological polar surface area (TPSA) is 111 Å². The summed E-state index contributed by atoms with van der Waals surface area (Å²) in [5, 5.41) is 3.44. The molecule has 1 aromatic carbocycles. The van der Waals surface area contributed by atoms with Crippen LogP contribution in [0.15, 0.2) is 47.1 Å². The minimum Gasteiger partial charge on any atom is -0.460 e. The smallest absolute Gasteiger partial charge is 0.460 e. The molecular weight excluding hydrogens is 602 g/mol. The van der Waals surface area contributed by atoms with Crippen LogP contribution in [0.5, 0.6) is 0 Å². The molecule has 0 radical (unpaired) electrons. The highest BCUT2D eigenvalue weighted by atomic mass is 16.7. The minimum atomic E-state index is -0.674. The highest BCUT2D eigenvalue weighted by molar-refractivity contribution is 5.79. The second kappa shape index (κ2) is 12.4. The normalized spacial score (nSPS) is 39.1. The van der Waals surface area contributed by atoms with E-state index in [1.165, 1.54) is 0 Å². The third-order valence-corrected chi connectivity index (χ3v) is 14.9. The summed E-state index contributed by atoms with van der Waals surface area (Å²) in [6, 6.07) is 10.1. The van der Waals surface area contributed by atoms with Crippen molar-refractivity contribution in [3.05, 3.63) is 58.0 Å². The van der Waals surface area contributed by atoms with E-state index in [2.05, 4.69) is 64.6 Å². The first-order chi connectivity index (χ1) is 22.6. The highest BCUT2D eigenvalue weighted by Crippen LogP contribution is 2.76. The second-order valence-electron chi connectivity index (χ2n) is 18.0. The molecule has 8 nitrogen and oxygen atoms in total. The highest BCUT2D eigenvalue weighted by Gasteiger charge is 2.69. The zero-order valence-electron chi connectivity index (χ0n) is 30.3. The van der Waals surface area contributed by atoms with Gasteiger partial charge in [0.2, 0.25) is 0 Å². The Bertz CT molecular complexity index is 1480. The maximum atomic E-state index is 14.3. The first-order valence-corrected chi connectivity index (χ1v) is 18.4. The predicted molar refractivity (Wildman–Crippen MR) is 186 cm³/mol. The van der Waals surface area contributed by atoms with Gasteiger partial charge in [0.25, 0.3) is 0 Å². The van der Waals surface area contributed by atoms with Crippen molar-refractivity contribution in [1.82, 2.24) is 0 Å². The fourth-order valence-electron chi connectivity index (χ4n) is 12.0. The number of azide groups is 1. The van der Waals surface area contributed by atoms with Crippen molar-refractivity contribution >= 4 is 12.1 Å². The molecule has 4 fully saturated rings. The molecule has 4 saturated carbocycles. The van der Waals surface area contributed by atoms with Crippen LogP contribution in [0.25, 0.3) is 10.4 Å². The van der Waals surface area contributed by atoms with Gasteiger partial charge in [0, 0.05) is 10.3 Å². The quantitative estimate of drug-likeness (QED) is 0.0722.